The molecule has 10 nitrogen and oxygen atoms in total. The molecule has 200 valence electrons. The van der Waals surface area contributed by atoms with Crippen LogP contribution in [0.15, 0.2) is 30.6 Å². The number of fused-ring (bicyclic) bond motifs is 1. The average Bonchev–Trinajstić information content (AvgIpc) is 3.32. The summed E-state index contributed by atoms with van der Waals surface area (Å²) < 4.78 is 7.01. The van der Waals surface area contributed by atoms with Crippen LogP contribution < -0.4 is 10.6 Å². The first-order valence-corrected chi connectivity index (χ1v) is 13.1. The van der Waals surface area contributed by atoms with Crippen molar-refractivity contribution in [3.8, 4) is 0 Å². The van der Waals surface area contributed by atoms with Gasteiger partial charge in [0.1, 0.15) is 11.2 Å². The Morgan fingerprint density at radius 3 is 2.54 bits per heavy atom. The molecule has 3 heterocycles. The quantitative estimate of drug-likeness (QED) is 0.470. The van der Waals surface area contributed by atoms with Gasteiger partial charge in [0.2, 0.25) is 5.91 Å². The summed E-state index contributed by atoms with van der Waals surface area (Å²) in [4.78, 5) is 48.2. The molecule has 37 heavy (non-hydrogen) atoms. The summed E-state index contributed by atoms with van der Waals surface area (Å²) >= 11 is 0. The van der Waals surface area contributed by atoms with E-state index in [1.165, 1.54) is 6.33 Å². The van der Waals surface area contributed by atoms with Gasteiger partial charge in [-0.2, -0.15) is 0 Å². The van der Waals surface area contributed by atoms with E-state index in [0.717, 1.165) is 50.4 Å². The van der Waals surface area contributed by atoms with E-state index in [-0.39, 0.29) is 35.7 Å². The molecule has 1 aromatic heterocycles. The van der Waals surface area contributed by atoms with Crippen LogP contribution in [0.25, 0.3) is 0 Å². The van der Waals surface area contributed by atoms with Gasteiger partial charge in [-0.25, -0.2) is 4.98 Å². The van der Waals surface area contributed by atoms with Crippen LogP contribution in [-0.2, 0) is 22.6 Å². The normalized spacial score (nSPS) is 20.0. The van der Waals surface area contributed by atoms with Crippen LogP contribution in [0.3, 0.4) is 0 Å². The van der Waals surface area contributed by atoms with Crippen molar-refractivity contribution in [2.75, 3.05) is 45.9 Å². The van der Waals surface area contributed by atoms with E-state index in [2.05, 4.69) is 20.5 Å². The van der Waals surface area contributed by atoms with Crippen molar-refractivity contribution in [2.24, 2.45) is 0 Å². The fourth-order valence-corrected chi connectivity index (χ4v) is 4.92. The summed E-state index contributed by atoms with van der Waals surface area (Å²) in [7, 11) is 0. The second-order valence-corrected chi connectivity index (χ2v) is 10.0. The number of benzene rings is 1. The van der Waals surface area contributed by atoms with E-state index in [1.54, 1.807) is 16.4 Å². The number of rotatable bonds is 10. The molecule has 2 aromatic rings. The molecule has 0 bridgehead atoms. The maximum Gasteiger partial charge on any atom is 0.273 e. The van der Waals surface area contributed by atoms with Crippen LogP contribution in [0.4, 0.5) is 0 Å². The Morgan fingerprint density at radius 2 is 1.84 bits per heavy atom. The Balaban J connectivity index is 1.43. The van der Waals surface area contributed by atoms with E-state index < -0.39 is 5.54 Å². The Morgan fingerprint density at radius 1 is 1.11 bits per heavy atom. The van der Waals surface area contributed by atoms with Crippen molar-refractivity contribution < 1.29 is 19.1 Å². The van der Waals surface area contributed by atoms with Crippen LogP contribution in [0, 0.1) is 6.92 Å². The third-order valence-corrected chi connectivity index (χ3v) is 7.12. The molecule has 0 spiro atoms. The molecule has 4 rings (SSSR count). The molecule has 0 saturated carbocycles. The number of ether oxygens (including phenoxy) is 1. The molecular formula is C27H38N6O4. The molecular weight excluding hydrogens is 472 g/mol. The molecule has 3 amide bonds. The highest BCUT2D eigenvalue weighted by molar-refractivity contribution is 6.07. The van der Waals surface area contributed by atoms with Crippen LogP contribution in [0.2, 0.25) is 0 Å². The minimum atomic E-state index is -1.10. The number of nitrogens with zero attached hydrogens (tertiary/aromatic N) is 4. The van der Waals surface area contributed by atoms with E-state index in [0.29, 0.717) is 26.1 Å². The first-order chi connectivity index (χ1) is 17.8. The molecule has 1 atom stereocenters. The van der Waals surface area contributed by atoms with Gasteiger partial charge >= 0.3 is 0 Å². The maximum atomic E-state index is 13.6. The topological polar surface area (TPSA) is 109 Å². The van der Waals surface area contributed by atoms with Crippen molar-refractivity contribution in [3.63, 3.8) is 0 Å². The molecule has 0 radical (unpaired) electrons. The third kappa shape index (κ3) is 6.02. The Hall–Kier alpha value is -3.24. The van der Waals surface area contributed by atoms with Crippen molar-refractivity contribution in [1.82, 2.24) is 30.0 Å². The molecule has 1 unspecified atom stereocenters. The maximum absolute atomic E-state index is 13.6. The summed E-state index contributed by atoms with van der Waals surface area (Å²) in [5.74, 6) is -0.951. The van der Waals surface area contributed by atoms with Gasteiger partial charge in [-0.3, -0.25) is 19.3 Å². The third-order valence-electron chi connectivity index (χ3n) is 7.12. The molecule has 1 saturated heterocycles. The summed E-state index contributed by atoms with van der Waals surface area (Å²) in [5, 5.41) is 5.91. The lowest BCUT2D eigenvalue weighted by Gasteiger charge is -2.43. The fourth-order valence-electron chi connectivity index (χ4n) is 4.92. The minimum Gasteiger partial charge on any atom is -0.379 e. The van der Waals surface area contributed by atoms with Crippen LogP contribution >= 0.6 is 0 Å². The first-order valence-electron chi connectivity index (χ1n) is 13.1. The molecule has 2 aliphatic heterocycles. The smallest absolute Gasteiger partial charge is 0.273 e. The van der Waals surface area contributed by atoms with Crippen LogP contribution in [-0.4, -0.2) is 88.5 Å². The molecule has 10 heteroatoms. The van der Waals surface area contributed by atoms with Crippen molar-refractivity contribution in [2.45, 2.75) is 52.2 Å². The number of carbonyl (C=O) groups excluding carboxylic acids is 3. The second-order valence-electron chi connectivity index (χ2n) is 10.0. The van der Waals surface area contributed by atoms with Gasteiger partial charge in [0.15, 0.2) is 5.69 Å². The highest BCUT2D eigenvalue weighted by Gasteiger charge is 2.48. The zero-order valence-electron chi connectivity index (χ0n) is 22.1. The lowest BCUT2D eigenvalue weighted by molar-refractivity contribution is -0.133. The zero-order valence-corrected chi connectivity index (χ0v) is 22.1. The van der Waals surface area contributed by atoms with Crippen molar-refractivity contribution >= 4 is 17.7 Å². The van der Waals surface area contributed by atoms with E-state index in [4.69, 9.17) is 4.74 Å². The number of aromatic nitrogens is 2. The van der Waals surface area contributed by atoms with Crippen LogP contribution in [0.1, 0.15) is 58.8 Å². The lowest BCUT2D eigenvalue weighted by Crippen LogP contribution is -2.64. The van der Waals surface area contributed by atoms with Gasteiger partial charge in [0.25, 0.3) is 11.8 Å². The summed E-state index contributed by atoms with van der Waals surface area (Å²) in [5.41, 5.74) is 1.39. The van der Waals surface area contributed by atoms with Crippen LogP contribution in [0.5, 0.6) is 0 Å². The zero-order chi connectivity index (χ0) is 26.4. The van der Waals surface area contributed by atoms with Crippen molar-refractivity contribution in [3.05, 3.63) is 53.1 Å². The lowest BCUT2D eigenvalue weighted by atomic mass is 9.93. The molecule has 1 fully saturated rings. The highest BCUT2D eigenvalue weighted by Crippen LogP contribution is 2.29. The minimum absolute atomic E-state index is 0.111. The average molecular weight is 511 g/mol. The number of amides is 3. The number of morpholine rings is 1. The van der Waals surface area contributed by atoms with E-state index >= 15 is 0 Å². The Kier molecular flexibility index (Phi) is 8.60. The molecule has 0 aliphatic carbocycles. The molecule has 2 aliphatic rings. The number of hydrogen-bond acceptors (Lipinski definition) is 6. The Bertz CT molecular complexity index is 1110. The predicted octanol–water partition coefficient (Wildman–Crippen LogP) is 1.58. The van der Waals surface area contributed by atoms with Gasteiger partial charge < -0.3 is 24.8 Å². The summed E-state index contributed by atoms with van der Waals surface area (Å²) in [6.07, 6.45) is 2.98. The largest absolute Gasteiger partial charge is 0.379 e. The predicted molar refractivity (Wildman–Crippen MR) is 139 cm³/mol. The van der Waals surface area contributed by atoms with E-state index in [1.807, 2.05) is 38.1 Å². The summed E-state index contributed by atoms with van der Waals surface area (Å²) in [6, 6.07) is 7.97. The van der Waals surface area contributed by atoms with Gasteiger partial charge in [0.05, 0.1) is 26.1 Å². The SMILES string of the molecule is CCCN1C(=O)c2c(C(=O)NCCCN3CCOCC3)ncn2CC1(C)C(=O)NCc1ccc(C)cc1. The number of hydrogen-bond donors (Lipinski definition) is 2. The second kappa shape index (κ2) is 11.9. The number of aryl methyl sites for hydroxylation is 1. The Labute approximate surface area is 218 Å². The van der Waals surface area contributed by atoms with Gasteiger partial charge in [-0.1, -0.05) is 36.8 Å². The monoisotopic (exact) mass is 510 g/mol. The highest BCUT2D eigenvalue weighted by atomic mass is 16.5. The van der Waals surface area contributed by atoms with Gasteiger partial charge in [-0.05, 0) is 38.8 Å². The molecule has 2 N–H and O–H groups in total. The number of nitrogens with one attached hydrogen (secondary N) is 2. The van der Waals surface area contributed by atoms with E-state index in [9.17, 15) is 14.4 Å². The van der Waals surface area contributed by atoms with Gasteiger partial charge in [-0.15, -0.1) is 0 Å². The first kappa shape index (κ1) is 26.8. The standard InChI is InChI=1S/C27H38N6O4/c1-4-11-33-25(35)23-22(24(34)28-10-5-12-31-13-15-37-16-14-31)30-19-32(23)18-27(33,3)26(36)29-17-21-8-6-20(2)7-9-21/h6-9,19H,4-5,10-18H2,1-3H3,(H,28,34)(H,29,36). The van der Waals surface area contributed by atoms with Crippen molar-refractivity contribution in [1.29, 1.82) is 0 Å². The molecule has 1 aromatic carbocycles. The van der Waals surface area contributed by atoms with Gasteiger partial charge in [0, 0.05) is 32.7 Å². The number of imidazole rings is 1. The number of carbonyl (C=O) groups is 3. The summed E-state index contributed by atoms with van der Waals surface area (Å²) in [6.45, 7) is 11.4. The fraction of sp³-hybridized carbons (Fsp3) is 0.556.